The zero-order valence-electron chi connectivity index (χ0n) is 12.6. The summed E-state index contributed by atoms with van der Waals surface area (Å²) in [6.45, 7) is 1.29. The number of nitrogens with one attached hydrogen (secondary N) is 2. The first-order valence-electron chi connectivity index (χ1n) is 7.44. The molecule has 2 heterocycles. The summed E-state index contributed by atoms with van der Waals surface area (Å²) in [4.78, 5) is 13.1. The van der Waals surface area contributed by atoms with Crippen molar-refractivity contribution in [3.05, 3.63) is 70.5 Å². The van der Waals surface area contributed by atoms with Crippen LogP contribution in [0.3, 0.4) is 0 Å². The summed E-state index contributed by atoms with van der Waals surface area (Å²) in [5.74, 6) is 0.551. The molecule has 0 aliphatic carbocycles. The maximum absolute atomic E-state index is 11.8. The Morgan fingerprint density at radius 2 is 2.00 bits per heavy atom. The van der Waals surface area contributed by atoms with E-state index in [2.05, 4.69) is 21.8 Å². The van der Waals surface area contributed by atoms with Crippen molar-refractivity contribution in [2.45, 2.75) is 13.0 Å². The highest BCUT2D eigenvalue weighted by atomic mass is 32.1. The van der Waals surface area contributed by atoms with Gasteiger partial charge < -0.3 is 5.32 Å². The predicted octanol–water partition coefficient (Wildman–Crippen LogP) is 3.36. The summed E-state index contributed by atoms with van der Waals surface area (Å²) in [6.07, 6.45) is 2.70. The van der Waals surface area contributed by atoms with E-state index in [4.69, 9.17) is 0 Å². The number of rotatable bonds is 6. The summed E-state index contributed by atoms with van der Waals surface area (Å²) in [5.41, 5.74) is 1.17. The van der Waals surface area contributed by atoms with Gasteiger partial charge in [0.1, 0.15) is 0 Å². The zero-order chi connectivity index (χ0) is 15.9. The summed E-state index contributed by atoms with van der Waals surface area (Å²) in [5, 5.41) is 12.0. The molecule has 2 aromatic heterocycles. The lowest BCUT2D eigenvalue weighted by atomic mass is 10.2. The number of aromatic nitrogens is 2. The summed E-state index contributed by atoms with van der Waals surface area (Å²) in [6, 6.07) is 15.7. The Kier molecular flexibility index (Phi) is 5.06. The number of benzene rings is 1. The minimum Gasteiger partial charge on any atom is -0.337 e. The molecule has 0 aliphatic rings. The Labute approximate surface area is 139 Å². The summed E-state index contributed by atoms with van der Waals surface area (Å²) >= 11 is 1.70. The number of nitrogens with zero attached hydrogens (tertiary/aromatic N) is 2. The quantitative estimate of drug-likeness (QED) is 0.730. The summed E-state index contributed by atoms with van der Waals surface area (Å²) in [7, 11) is 0. The van der Waals surface area contributed by atoms with E-state index in [-0.39, 0.29) is 6.03 Å². The van der Waals surface area contributed by atoms with E-state index in [0.717, 1.165) is 6.42 Å². The van der Waals surface area contributed by atoms with Gasteiger partial charge in [-0.2, -0.15) is 5.10 Å². The molecule has 0 spiro atoms. The van der Waals surface area contributed by atoms with Crippen LogP contribution in [0, 0.1) is 0 Å². The normalized spacial score (nSPS) is 10.4. The second-order valence-corrected chi connectivity index (χ2v) is 6.13. The second kappa shape index (κ2) is 7.60. The van der Waals surface area contributed by atoms with Crippen LogP contribution in [-0.2, 0) is 13.0 Å². The molecular formula is C17H18N4OS. The van der Waals surface area contributed by atoms with Crippen molar-refractivity contribution in [3.63, 3.8) is 0 Å². The zero-order valence-corrected chi connectivity index (χ0v) is 13.4. The van der Waals surface area contributed by atoms with Crippen molar-refractivity contribution < 1.29 is 4.79 Å². The first-order valence-corrected chi connectivity index (χ1v) is 8.32. The highest BCUT2D eigenvalue weighted by molar-refractivity contribution is 7.09. The van der Waals surface area contributed by atoms with Crippen LogP contribution in [0.25, 0.3) is 0 Å². The van der Waals surface area contributed by atoms with Crippen LogP contribution in [0.2, 0.25) is 0 Å². The van der Waals surface area contributed by atoms with E-state index < -0.39 is 0 Å². The molecule has 118 valence electrons. The van der Waals surface area contributed by atoms with Crippen LogP contribution in [-0.4, -0.2) is 22.4 Å². The molecule has 0 unspecified atom stereocenters. The maximum Gasteiger partial charge on any atom is 0.320 e. The highest BCUT2D eigenvalue weighted by Gasteiger charge is 2.05. The number of thiophene rings is 1. The van der Waals surface area contributed by atoms with Crippen molar-refractivity contribution in [1.29, 1.82) is 0 Å². The van der Waals surface area contributed by atoms with Crippen molar-refractivity contribution in [2.75, 3.05) is 11.9 Å². The largest absolute Gasteiger partial charge is 0.337 e. The lowest BCUT2D eigenvalue weighted by molar-refractivity contribution is 0.252. The van der Waals surface area contributed by atoms with Crippen LogP contribution in [0.1, 0.15) is 10.4 Å². The van der Waals surface area contributed by atoms with E-state index >= 15 is 0 Å². The number of urea groups is 1. The van der Waals surface area contributed by atoms with Crippen molar-refractivity contribution in [1.82, 2.24) is 15.1 Å². The molecule has 0 aliphatic heterocycles. The number of carbonyl (C=O) groups excluding carboxylic acids is 1. The van der Waals surface area contributed by atoms with Gasteiger partial charge in [0.25, 0.3) is 0 Å². The van der Waals surface area contributed by atoms with E-state index in [9.17, 15) is 4.79 Å². The average Bonchev–Trinajstić information content (AvgIpc) is 3.21. The number of hydrogen-bond acceptors (Lipinski definition) is 3. The fourth-order valence-electron chi connectivity index (χ4n) is 2.20. The Bertz CT molecular complexity index is 737. The lowest BCUT2D eigenvalue weighted by Crippen LogP contribution is -2.30. The van der Waals surface area contributed by atoms with Gasteiger partial charge in [-0.25, -0.2) is 4.79 Å². The van der Waals surface area contributed by atoms with Crippen molar-refractivity contribution in [3.8, 4) is 0 Å². The Morgan fingerprint density at radius 3 is 2.78 bits per heavy atom. The number of hydrogen-bond donors (Lipinski definition) is 2. The maximum atomic E-state index is 11.8. The molecule has 3 aromatic rings. The van der Waals surface area contributed by atoms with E-state index in [1.54, 1.807) is 22.1 Å². The standard InChI is InChI=1S/C17H18N4OS/c22-17(18-10-8-15-7-4-12-23-15)19-16-9-11-21(20-16)13-14-5-2-1-3-6-14/h1-7,9,11-12H,8,10,13H2,(H2,18,19,20,22). The molecule has 3 rings (SSSR count). The molecule has 6 heteroatoms. The van der Waals surface area contributed by atoms with Gasteiger partial charge in [-0.3, -0.25) is 10.00 Å². The topological polar surface area (TPSA) is 59.0 Å². The van der Waals surface area contributed by atoms with Crippen LogP contribution in [0.4, 0.5) is 10.6 Å². The van der Waals surface area contributed by atoms with Gasteiger partial charge >= 0.3 is 6.03 Å². The van der Waals surface area contributed by atoms with Gasteiger partial charge in [0.15, 0.2) is 5.82 Å². The highest BCUT2D eigenvalue weighted by Crippen LogP contribution is 2.08. The molecule has 0 bridgehead atoms. The number of carbonyl (C=O) groups is 1. The van der Waals surface area contributed by atoms with Gasteiger partial charge in [0, 0.05) is 23.7 Å². The molecule has 0 saturated heterocycles. The molecule has 0 atom stereocenters. The third-order valence-electron chi connectivity index (χ3n) is 3.31. The minimum atomic E-state index is -0.230. The lowest BCUT2D eigenvalue weighted by Gasteiger charge is -2.05. The molecule has 23 heavy (non-hydrogen) atoms. The van der Waals surface area contributed by atoms with Gasteiger partial charge in [-0.15, -0.1) is 11.3 Å². The van der Waals surface area contributed by atoms with Crippen LogP contribution < -0.4 is 10.6 Å². The monoisotopic (exact) mass is 326 g/mol. The average molecular weight is 326 g/mol. The second-order valence-electron chi connectivity index (χ2n) is 5.09. The van der Waals surface area contributed by atoms with Crippen LogP contribution in [0.15, 0.2) is 60.1 Å². The fourth-order valence-corrected chi connectivity index (χ4v) is 2.91. The molecule has 2 N–H and O–H groups in total. The van der Waals surface area contributed by atoms with E-state index in [0.29, 0.717) is 18.9 Å². The molecule has 0 radical (unpaired) electrons. The molecule has 5 nitrogen and oxygen atoms in total. The van der Waals surface area contributed by atoms with Gasteiger partial charge in [0.2, 0.25) is 0 Å². The third-order valence-corrected chi connectivity index (χ3v) is 4.24. The first kappa shape index (κ1) is 15.3. The van der Waals surface area contributed by atoms with Crippen molar-refractivity contribution >= 4 is 23.2 Å². The molecule has 0 saturated carbocycles. The summed E-state index contributed by atoms with van der Waals surface area (Å²) < 4.78 is 1.80. The van der Waals surface area contributed by atoms with Gasteiger partial charge in [-0.1, -0.05) is 36.4 Å². The Balaban J connectivity index is 1.45. The van der Waals surface area contributed by atoms with Crippen molar-refractivity contribution in [2.24, 2.45) is 0 Å². The molecular weight excluding hydrogens is 308 g/mol. The predicted molar refractivity (Wildman–Crippen MR) is 92.8 cm³/mol. The van der Waals surface area contributed by atoms with Crippen LogP contribution in [0.5, 0.6) is 0 Å². The third kappa shape index (κ3) is 4.69. The van der Waals surface area contributed by atoms with E-state index in [1.807, 2.05) is 48.0 Å². The number of anilines is 1. The molecule has 1 aromatic carbocycles. The number of amides is 2. The van der Waals surface area contributed by atoms with Crippen LogP contribution >= 0.6 is 11.3 Å². The van der Waals surface area contributed by atoms with E-state index in [1.165, 1.54) is 10.4 Å². The molecule has 2 amide bonds. The van der Waals surface area contributed by atoms with Gasteiger partial charge in [-0.05, 0) is 23.4 Å². The van der Waals surface area contributed by atoms with Gasteiger partial charge in [0.05, 0.1) is 6.54 Å². The minimum absolute atomic E-state index is 0.230. The smallest absolute Gasteiger partial charge is 0.320 e. The Morgan fingerprint density at radius 1 is 1.13 bits per heavy atom. The Hall–Kier alpha value is -2.60. The molecule has 0 fully saturated rings. The SMILES string of the molecule is O=C(NCCc1cccs1)Nc1ccn(Cc2ccccc2)n1. The fraction of sp³-hybridized carbons (Fsp3) is 0.176. The first-order chi connectivity index (χ1) is 11.3.